The maximum absolute atomic E-state index is 12.4. The van der Waals surface area contributed by atoms with E-state index in [1.54, 1.807) is 24.3 Å². The van der Waals surface area contributed by atoms with Gasteiger partial charge in [-0.3, -0.25) is 20.4 Å². The molecular weight excluding hydrogens is 414 g/mol. The van der Waals surface area contributed by atoms with Crippen molar-refractivity contribution < 1.29 is 18.0 Å². The van der Waals surface area contributed by atoms with Gasteiger partial charge in [-0.15, -0.1) is 0 Å². The number of carbonyl (C=O) groups is 2. The summed E-state index contributed by atoms with van der Waals surface area (Å²) in [6, 6.07) is 18.4. The highest BCUT2D eigenvalue weighted by Crippen LogP contribution is 2.18. The second-order valence-corrected chi connectivity index (χ2v) is 8.37. The number of sulfonamides is 1. The maximum atomic E-state index is 12.4. The summed E-state index contributed by atoms with van der Waals surface area (Å²) in [6.45, 7) is -0.113. The highest BCUT2D eigenvalue weighted by Gasteiger charge is 2.15. The van der Waals surface area contributed by atoms with E-state index < -0.39 is 21.8 Å². The van der Waals surface area contributed by atoms with Gasteiger partial charge in [0.1, 0.15) is 0 Å². The lowest BCUT2D eigenvalue weighted by molar-refractivity contribution is -0.121. The largest absolute Gasteiger partial charge is 0.273 e. The highest BCUT2D eigenvalue weighted by molar-refractivity contribution is 7.89. The number of rotatable bonds is 6. The third-order valence-electron chi connectivity index (χ3n) is 4.10. The Morgan fingerprint density at radius 2 is 1.55 bits per heavy atom. The smallest absolute Gasteiger partial charge is 0.269 e. The number of amides is 2. The van der Waals surface area contributed by atoms with Crippen LogP contribution >= 0.6 is 11.6 Å². The minimum atomic E-state index is -3.76. The van der Waals surface area contributed by atoms with Crippen molar-refractivity contribution in [1.29, 1.82) is 0 Å². The van der Waals surface area contributed by atoms with E-state index in [1.165, 1.54) is 18.2 Å². The number of benzene rings is 3. The quantitative estimate of drug-likeness (QED) is 0.522. The van der Waals surface area contributed by atoms with Crippen LogP contribution in [0.15, 0.2) is 71.6 Å². The van der Waals surface area contributed by atoms with Gasteiger partial charge in [0.15, 0.2) is 0 Å². The van der Waals surface area contributed by atoms with Gasteiger partial charge in [-0.2, -0.15) is 0 Å². The molecule has 3 N–H and O–H groups in total. The molecule has 0 heterocycles. The molecule has 3 aromatic carbocycles. The second kappa shape index (κ2) is 9.04. The van der Waals surface area contributed by atoms with Crippen molar-refractivity contribution in [3.8, 4) is 0 Å². The molecule has 2 amide bonds. The topological polar surface area (TPSA) is 104 Å². The lowest BCUT2D eigenvalue weighted by Gasteiger charge is -2.09. The molecular formula is C20H18ClN3O4S. The van der Waals surface area contributed by atoms with Crippen LogP contribution in [0, 0.1) is 0 Å². The average Bonchev–Trinajstić information content (AvgIpc) is 2.72. The molecule has 0 aliphatic rings. The first-order valence-electron chi connectivity index (χ1n) is 8.68. The van der Waals surface area contributed by atoms with Gasteiger partial charge in [-0.25, -0.2) is 13.1 Å². The van der Waals surface area contributed by atoms with Crippen LogP contribution in [0.2, 0.25) is 5.02 Å². The van der Waals surface area contributed by atoms with E-state index in [0.29, 0.717) is 10.6 Å². The number of nitrogens with one attached hydrogen (secondary N) is 3. The lowest BCUT2D eigenvalue weighted by Crippen LogP contribution is -2.42. The number of hydrogen-bond acceptors (Lipinski definition) is 4. The first kappa shape index (κ1) is 20.8. The molecule has 0 aromatic heterocycles. The molecule has 150 valence electrons. The fourth-order valence-electron chi connectivity index (χ4n) is 2.58. The van der Waals surface area contributed by atoms with Crippen molar-refractivity contribution in [1.82, 2.24) is 15.6 Å². The molecule has 0 saturated carbocycles. The molecule has 3 rings (SSSR count). The van der Waals surface area contributed by atoms with Crippen molar-refractivity contribution in [2.45, 2.75) is 11.3 Å². The van der Waals surface area contributed by atoms with E-state index in [0.717, 1.165) is 10.8 Å². The van der Waals surface area contributed by atoms with Crippen molar-refractivity contribution in [2.24, 2.45) is 0 Å². The van der Waals surface area contributed by atoms with Gasteiger partial charge in [0.25, 0.3) is 5.91 Å². The van der Waals surface area contributed by atoms with Crippen LogP contribution < -0.4 is 15.6 Å². The summed E-state index contributed by atoms with van der Waals surface area (Å²) < 4.78 is 27.2. The minimum Gasteiger partial charge on any atom is -0.273 e. The summed E-state index contributed by atoms with van der Waals surface area (Å²) >= 11 is 5.75. The molecule has 0 bridgehead atoms. The molecule has 0 spiro atoms. The zero-order valence-electron chi connectivity index (χ0n) is 15.2. The van der Waals surface area contributed by atoms with Gasteiger partial charge < -0.3 is 0 Å². The Bertz CT molecular complexity index is 1150. The molecule has 9 heteroatoms. The minimum absolute atomic E-state index is 0.113. The van der Waals surface area contributed by atoms with Crippen LogP contribution in [0.1, 0.15) is 16.8 Å². The van der Waals surface area contributed by atoms with Gasteiger partial charge in [-0.1, -0.05) is 41.9 Å². The molecule has 0 atom stereocenters. The molecule has 0 aliphatic heterocycles. The maximum Gasteiger partial charge on any atom is 0.269 e. The van der Waals surface area contributed by atoms with Crippen LogP contribution in [-0.4, -0.2) is 26.8 Å². The van der Waals surface area contributed by atoms with Gasteiger partial charge >= 0.3 is 0 Å². The Balaban J connectivity index is 1.49. The van der Waals surface area contributed by atoms with E-state index in [1.807, 2.05) is 24.3 Å². The summed E-state index contributed by atoms with van der Waals surface area (Å²) in [4.78, 5) is 23.9. The first-order chi connectivity index (χ1) is 13.8. The van der Waals surface area contributed by atoms with Crippen LogP contribution in [0.25, 0.3) is 10.8 Å². The third-order valence-corrected chi connectivity index (χ3v) is 5.81. The number of hydrazine groups is 1. The van der Waals surface area contributed by atoms with Crippen LogP contribution in [0.4, 0.5) is 0 Å². The Hall–Kier alpha value is -2.94. The van der Waals surface area contributed by atoms with E-state index in [9.17, 15) is 18.0 Å². The molecule has 0 saturated heterocycles. The predicted molar refractivity (Wildman–Crippen MR) is 111 cm³/mol. The van der Waals surface area contributed by atoms with E-state index in [2.05, 4.69) is 15.6 Å². The summed E-state index contributed by atoms with van der Waals surface area (Å²) in [7, 11) is -3.76. The van der Waals surface area contributed by atoms with Crippen molar-refractivity contribution in [2.75, 3.05) is 6.54 Å². The predicted octanol–water partition coefficient (Wildman–Crippen LogP) is 2.62. The van der Waals surface area contributed by atoms with Crippen LogP contribution in [0.5, 0.6) is 0 Å². The van der Waals surface area contributed by atoms with Gasteiger partial charge in [-0.05, 0) is 47.2 Å². The normalized spacial score (nSPS) is 11.2. The molecule has 0 unspecified atom stereocenters. The van der Waals surface area contributed by atoms with Crippen LogP contribution in [-0.2, 0) is 14.8 Å². The molecule has 7 nitrogen and oxygen atoms in total. The van der Waals surface area contributed by atoms with Crippen molar-refractivity contribution in [3.63, 3.8) is 0 Å². The van der Waals surface area contributed by atoms with E-state index in [-0.39, 0.29) is 17.9 Å². The standard InChI is InChI=1S/C20H18ClN3O4S/c21-17-8-5-15(6-9-17)20(26)24-23-19(25)11-12-22-29(27,28)18-10-7-14-3-1-2-4-16(14)13-18/h1-10,13,22H,11-12H2,(H,23,25)(H,24,26). The number of fused-ring (bicyclic) bond motifs is 1. The van der Waals surface area contributed by atoms with Gasteiger partial charge in [0.05, 0.1) is 4.90 Å². The third kappa shape index (κ3) is 5.54. The average molecular weight is 432 g/mol. The molecule has 0 aliphatic carbocycles. The second-order valence-electron chi connectivity index (χ2n) is 6.17. The SMILES string of the molecule is O=C(CCNS(=O)(=O)c1ccc2ccccc2c1)NNC(=O)c1ccc(Cl)cc1. The molecule has 0 radical (unpaired) electrons. The molecule has 29 heavy (non-hydrogen) atoms. The highest BCUT2D eigenvalue weighted by atomic mass is 35.5. The Morgan fingerprint density at radius 1 is 0.862 bits per heavy atom. The number of halogens is 1. The monoisotopic (exact) mass is 431 g/mol. The lowest BCUT2D eigenvalue weighted by atomic mass is 10.1. The van der Waals surface area contributed by atoms with E-state index in [4.69, 9.17) is 11.6 Å². The summed E-state index contributed by atoms with van der Waals surface area (Å²) in [5.41, 5.74) is 4.82. The van der Waals surface area contributed by atoms with Crippen molar-refractivity contribution >= 4 is 44.2 Å². The van der Waals surface area contributed by atoms with Crippen molar-refractivity contribution in [3.05, 3.63) is 77.3 Å². The summed E-state index contributed by atoms with van der Waals surface area (Å²) in [6.07, 6.45) is -0.145. The summed E-state index contributed by atoms with van der Waals surface area (Å²) in [5.74, 6) is -1.04. The Kier molecular flexibility index (Phi) is 6.48. The van der Waals surface area contributed by atoms with E-state index >= 15 is 0 Å². The fourth-order valence-corrected chi connectivity index (χ4v) is 3.77. The van der Waals surface area contributed by atoms with Gasteiger partial charge in [0, 0.05) is 23.6 Å². The molecule has 0 fully saturated rings. The van der Waals surface area contributed by atoms with Crippen LogP contribution in [0.3, 0.4) is 0 Å². The first-order valence-corrected chi connectivity index (χ1v) is 10.5. The number of hydrogen-bond donors (Lipinski definition) is 3. The summed E-state index contributed by atoms with van der Waals surface area (Å²) in [5, 5.41) is 2.23. The zero-order chi connectivity index (χ0) is 20.9. The van der Waals surface area contributed by atoms with Gasteiger partial charge in [0.2, 0.25) is 15.9 Å². The Morgan fingerprint density at radius 3 is 2.28 bits per heavy atom. The number of carbonyl (C=O) groups excluding carboxylic acids is 2. The Labute approximate surface area is 173 Å². The molecule has 3 aromatic rings. The fraction of sp³-hybridized carbons (Fsp3) is 0.100. The zero-order valence-corrected chi connectivity index (χ0v) is 16.8.